The summed E-state index contributed by atoms with van der Waals surface area (Å²) in [7, 11) is 1.81. The first-order valence-corrected chi connectivity index (χ1v) is 6.46. The van der Waals surface area contributed by atoms with Crippen LogP contribution >= 0.6 is 0 Å². The maximum atomic E-state index is 5.56. The molecule has 0 radical (unpaired) electrons. The summed E-state index contributed by atoms with van der Waals surface area (Å²) in [6.45, 7) is 5.46. The first-order chi connectivity index (χ1) is 8.12. The van der Waals surface area contributed by atoms with Crippen LogP contribution in [0, 0.1) is 5.92 Å². The molecule has 0 spiro atoms. The number of hydrogen-bond acceptors (Lipinski definition) is 2. The Labute approximate surface area is 104 Å². The third-order valence-electron chi connectivity index (χ3n) is 3.82. The molecule has 2 rings (SSSR count). The monoisotopic (exact) mass is 233 g/mol. The molecule has 0 saturated carbocycles. The third-order valence-corrected chi connectivity index (χ3v) is 3.82. The Morgan fingerprint density at radius 3 is 2.65 bits per heavy atom. The summed E-state index contributed by atoms with van der Waals surface area (Å²) < 4.78 is 5.56. The van der Waals surface area contributed by atoms with Gasteiger partial charge in [-0.25, -0.2) is 0 Å². The van der Waals surface area contributed by atoms with E-state index < -0.39 is 0 Å². The van der Waals surface area contributed by atoms with Crippen LogP contribution in [0.15, 0.2) is 30.3 Å². The highest BCUT2D eigenvalue weighted by molar-refractivity contribution is 5.21. The van der Waals surface area contributed by atoms with Crippen LogP contribution in [0.4, 0.5) is 0 Å². The van der Waals surface area contributed by atoms with Crippen molar-refractivity contribution in [3.63, 3.8) is 0 Å². The molecule has 0 amide bonds. The molecule has 2 unspecified atom stereocenters. The lowest BCUT2D eigenvalue weighted by Crippen LogP contribution is -2.29. The van der Waals surface area contributed by atoms with Crippen LogP contribution in [0.25, 0.3) is 0 Å². The highest BCUT2D eigenvalue weighted by Crippen LogP contribution is 2.35. The number of nitrogens with one attached hydrogen (secondary N) is 1. The number of hydrogen-bond donors (Lipinski definition) is 1. The van der Waals surface area contributed by atoms with Gasteiger partial charge in [-0.1, -0.05) is 30.3 Å². The minimum atomic E-state index is -0.0241. The fourth-order valence-corrected chi connectivity index (χ4v) is 2.74. The SMILES string of the molecule is COC(C)(C)CC1CCNC1c1ccccc1. The van der Waals surface area contributed by atoms with Gasteiger partial charge < -0.3 is 10.1 Å². The summed E-state index contributed by atoms with van der Waals surface area (Å²) in [6, 6.07) is 11.2. The Bertz CT molecular complexity index is 347. The summed E-state index contributed by atoms with van der Waals surface area (Å²) in [6.07, 6.45) is 2.35. The molecular formula is C15H23NO. The number of rotatable bonds is 4. The zero-order valence-corrected chi connectivity index (χ0v) is 11.1. The molecule has 1 fully saturated rings. The van der Waals surface area contributed by atoms with Crippen molar-refractivity contribution in [1.29, 1.82) is 0 Å². The van der Waals surface area contributed by atoms with Crippen LogP contribution in [0.3, 0.4) is 0 Å². The molecule has 1 aromatic rings. The molecule has 0 aromatic heterocycles. The van der Waals surface area contributed by atoms with E-state index in [0.29, 0.717) is 12.0 Å². The maximum Gasteiger partial charge on any atom is 0.0626 e. The van der Waals surface area contributed by atoms with E-state index >= 15 is 0 Å². The molecule has 1 N–H and O–H groups in total. The minimum absolute atomic E-state index is 0.0241. The van der Waals surface area contributed by atoms with Gasteiger partial charge in [0.25, 0.3) is 0 Å². The van der Waals surface area contributed by atoms with E-state index in [2.05, 4.69) is 49.5 Å². The molecule has 1 aromatic carbocycles. The lowest BCUT2D eigenvalue weighted by molar-refractivity contribution is 0.000484. The van der Waals surface area contributed by atoms with Gasteiger partial charge in [-0.2, -0.15) is 0 Å². The molecule has 17 heavy (non-hydrogen) atoms. The van der Waals surface area contributed by atoms with Gasteiger partial charge in [0.05, 0.1) is 5.60 Å². The van der Waals surface area contributed by atoms with Crippen LogP contribution in [-0.2, 0) is 4.74 Å². The topological polar surface area (TPSA) is 21.3 Å². The normalized spacial score (nSPS) is 25.1. The lowest BCUT2D eigenvalue weighted by Gasteiger charge is -2.29. The zero-order valence-electron chi connectivity index (χ0n) is 11.1. The van der Waals surface area contributed by atoms with E-state index in [1.807, 2.05) is 0 Å². The van der Waals surface area contributed by atoms with Crippen molar-refractivity contribution in [3.8, 4) is 0 Å². The molecule has 2 atom stereocenters. The number of methoxy groups -OCH3 is 1. The van der Waals surface area contributed by atoms with Crippen LogP contribution in [0.2, 0.25) is 0 Å². The Hall–Kier alpha value is -0.860. The Morgan fingerprint density at radius 2 is 2.00 bits per heavy atom. The molecular weight excluding hydrogens is 210 g/mol. The number of ether oxygens (including phenoxy) is 1. The van der Waals surface area contributed by atoms with Gasteiger partial charge in [0.2, 0.25) is 0 Å². The molecule has 94 valence electrons. The van der Waals surface area contributed by atoms with Gasteiger partial charge in [-0.3, -0.25) is 0 Å². The first-order valence-electron chi connectivity index (χ1n) is 6.46. The van der Waals surface area contributed by atoms with Crippen molar-refractivity contribution in [2.75, 3.05) is 13.7 Å². The second-order valence-corrected chi connectivity index (χ2v) is 5.56. The van der Waals surface area contributed by atoms with Crippen molar-refractivity contribution in [3.05, 3.63) is 35.9 Å². The van der Waals surface area contributed by atoms with Gasteiger partial charge in [-0.05, 0) is 44.7 Å². The highest BCUT2D eigenvalue weighted by Gasteiger charge is 2.32. The molecule has 2 heteroatoms. The highest BCUT2D eigenvalue weighted by atomic mass is 16.5. The predicted octanol–water partition coefficient (Wildman–Crippen LogP) is 3.15. The summed E-state index contributed by atoms with van der Waals surface area (Å²) in [5.74, 6) is 0.673. The van der Waals surface area contributed by atoms with E-state index in [9.17, 15) is 0 Å². The fourth-order valence-electron chi connectivity index (χ4n) is 2.74. The van der Waals surface area contributed by atoms with Gasteiger partial charge in [0, 0.05) is 13.2 Å². The summed E-state index contributed by atoms with van der Waals surface area (Å²) >= 11 is 0. The Kier molecular flexibility index (Phi) is 3.85. The van der Waals surface area contributed by atoms with Crippen molar-refractivity contribution in [2.24, 2.45) is 5.92 Å². The summed E-state index contributed by atoms with van der Waals surface area (Å²) in [5.41, 5.74) is 1.38. The molecule has 1 aliphatic heterocycles. The van der Waals surface area contributed by atoms with E-state index in [4.69, 9.17) is 4.74 Å². The van der Waals surface area contributed by atoms with E-state index in [0.717, 1.165) is 13.0 Å². The Morgan fingerprint density at radius 1 is 1.29 bits per heavy atom. The van der Waals surface area contributed by atoms with Crippen molar-refractivity contribution >= 4 is 0 Å². The molecule has 2 nitrogen and oxygen atoms in total. The van der Waals surface area contributed by atoms with Crippen molar-refractivity contribution in [1.82, 2.24) is 5.32 Å². The number of benzene rings is 1. The van der Waals surface area contributed by atoms with Crippen LogP contribution < -0.4 is 5.32 Å². The van der Waals surface area contributed by atoms with Crippen LogP contribution in [-0.4, -0.2) is 19.3 Å². The van der Waals surface area contributed by atoms with E-state index in [1.54, 1.807) is 7.11 Å². The molecule has 1 aliphatic rings. The van der Waals surface area contributed by atoms with Gasteiger partial charge >= 0.3 is 0 Å². The molecule has 0 aliphatic carbocycles. The summed E-state index contributed by atoms with van der Waals surface area (Å²) in [5, 5.41) is 3.61. The smallest absolute Gasteiger partial charge is 0.0626 e. The second-order valence-electron chi connectivity index (χ2n) is 5.56. The molecule has 1 heterocycles. The van der Waals surface area contributed by atoms with Gasteiger partial charge in [-0.15, -0.1) is 0 Å². The average molecular weight is 233 g/mol. The molecule has 0 bridgehead atoms. The first kappa shape index (κ1) is 12.6. The summed E-state index contributed by atoms with van der Waals surface area (Å²) in [4.78, 5) is 0. The van der Waals surface area contributed by atoms with E-state index in [1.165, 1.54) is 12.0 Å². The minimum Gasteiger partial charge on any atom is -0.379 e. The van der Waals surface area contributed by atoms with Gasteiger partial charge in [0.1, 0.15) is 0 Å². The van der Waals surface area contributed by atoms with E-state index in [-0.39, 0.29) is 5.60 Å². The largest absolute Gasteiger partial charge is 0.379 e. The predicted molar refractivity (Wildman–Crippen MR) is 71.0 cm³/mol. The van der Waals surface area contributed by atoms with Crippen LogP contribution in [0.1, 0.15) is 38.3 Å². The Balaban J connectivity index is 2.08. The fraction of sp³-hybridized carbons (Fsp3) is 0.600. The zero-order chi connectivity index (χ0) is 12.3. The standard InChI is InChI=1S/C15H23NO/c1-15(2,17-3)11-13-9-10-16-14(13)12-7-5-4-6-8-12/h4-8,13-14,16H,9-11H2,1-3H3. The maximum absolute atomic E-state index is 5.56. The third kappa shape index (κ3) is 3.08. The quantitative estimate of drug-likeness (QED) is 0.862. The van der Waals surface area contributed by atoms with Crippen molar-refractivity contribution in [2.45, 2.75) is 38.3 Å². The van der Waals surface area contributed by atoms with Crippen LogP contribution in [0.5, 0.6) is 0 Å². The van der Waals surface area contributed by atoms with Crippen molar-refractivity contribution < 1.29 is 4.74 Å². The molecule has 1 saturated heterocycles. The van der Waals surface area contributed by atoms with Gasteiger partial charge in [0.15, 0.2) is 0 Å². The lowest BCUT2D eigenvalue weighted by atomic mass is 9.85. The second kappa shape index (κ2) is 5.19. The average Bonchev–Trinajstić information content (AvgIpc) is 2.77.